The van der Waals surface area contributed by atoms with E-state index in [9.17, 15) is 13.2 Å². The van der Waals surface area contributed by atoms with Crippen LogP contribution in [0.3, 0.4) is 0 Å². The maximum absolute atomic E-state index is 12.0. The van der Waals surface area contributed by atoms with Crippen LogP contribution in [0, 0.1) is 6.92 Å². The summed E-state index contributed by atoms with van der Waals surface area (Å²) in [6.07, 6.45) is -2.28. The molecule has 6 heteroatoms. The summed E-state index contributed by atoms with van der Waals surface area (Å²) in [6, 6.07) is 1.95. The zero-order valence-electron chi connectivity index (χ0n) is 8.33. The maximum atomic E-state index is 12.0. The molecule has 0 unspecified atom stereocenters. The molecule has 0 atom stereocenters. The Morgan fingerprint density at radius 3 is 2.60 bits per heavy atom. The van der Waals surface area contributed by atoms with Crippen molar-refractivity contribution in [3.63, 3.8) is 0 Å². The minimum Gasteiger partial charge on any atom is -0.291 e. The van der Waals surface area contributed by atoms with Crippen LogP contribution >= 0.6 is 0 Å². The molecule has 2 heterocycles. The number of halogens is 3. The summed E-state index contributed by atoms with van der Waals surface area (Å²) >= 11 is 0. The fourth-order valence-corrected chi connectivity index (χ4v) is 1.73. The molecule has 1 saturated heterocycles. The van der Waals surface area contributed by atoms with Crippen LogP contribution in [0.4, 0.5) is 13.2 Å². The first kappa shape index (κ1) is 10.5. The van der Waals surface area contributed by atoms with Crippen molar-refractivity contribution in [1.29, 1.82) is 0 Å². The minimum atomic E-state index is -4.09. The van der Waals surface area contributed by atoms with Crippen LogP contribution in [0.5, 0.6) is 0 Å². The molecule has 2 rings (SSSR count). The molecule has 1 aromatic rings. The van der Waals surface area contributed by atoms with Crippen LogP contribution in [0.15, 0.2) is 12.3 Å². The Balaban J connectivity index is 1.84. The van der Waals surface area contributed by atoms with E-state index >= 15 is 0 Å². The van der Waals surface area contributed by atoms with E-state index in [0.717, 1.165) is 5.69 Å². The standard InChI is InChI=1S/C9H12F3N3/c1-7-2-3-15(13-7)8-4-14(5-8)6-9(10,11)12/h2-3,8H,4-6H2,1H3. The number of hydrogen-bond acceptors (Lipinski definition) is 2. The lowest BCUT2D eigenvalue weighted by atomic mass is 10.1. The van der Waals surface area contributed by atoms with Gasteiger partial charge in [0.05, 0.1) is 18.3 Å². The van der Waals surface area contributed by atoms with E-state index < -0.39 is 12.7 Å². The Kier molecular flexibility index (Phi) is 2.46. The van der Waals surface area contributed by atoms with E-state index in [1.807, 2.05) is 19.2 Å². The quantitative estimate of drug-likeness (QED) is 0.753. The van der Waals surface area contributed by atoms with Crippen LogP contribution in [0.25, 0.3) is 0 Å². The van der Waals surface area contributed by atoms with Crippen LogP contribution in [0.2, 0.25) is 0 Å². The monoisotopic (exact) mass is 219 g/mol. The van der Waals surface area contributed by atoms with Gasteiger partial charge in [-0.25, -0.2) is 0 Å². The van der Waals surface area contributed by atoms with Crippen molar-refractivity contribution in [3.8, 4) is 0 Å². The highest BCUT2D eigenvalue weighted by atomic mass is 19.4. The Hall–Kier alpha value is -1.04. The lowest BCUT2D eigenvalue weighted by Crippen LogP contribution is -2.51. The van der Waals surface area contributed by atoms with E-state index in [1.54, 1.807) is 4.68 Å². The van der Waals surface area contributed by atoms with Crippen LogP contribution in [-0.4, -0.2) is 40.5 Å². The van der Waals surface area contributed by atoms with E-state index in [2.05, 4.69) is 5.10 Å². The summed E-state index contributed by atoms with van der Waals surface area (Å²) in [7, 11) is 0. The zero-order valence-corrected chi connectivity index (χ0v) is 8.33. The Bertz CT molecular complexity index is 339. The third kappa shape index (κ3) is 2.50. The Morgan fingerprint density at radius 1 is 1.47 bits per heavy atom. The molecular formula is C9H12F3N3. The molecule has 1 aliphatic heterocycles. The highest BCUT2D eigenvalue weighted by Gasteiger charge is 2.37. The predicted octanol–water partition coefficient (Wildman–Crippen LogP) is 1.61. The highest BCUT2D eigenvalue weighted by Crippen LogP contribution is 2.25. The average molecular weight is 219 g/mol. The highest BCUT2D eigenvalue weighted by molar-refractivity contribution is 4.98. The molecule has 15 heavy (non-hydrogen) atoms. The van der Waals surface area contributed by atoms with Gasteiger partial charge in [-0.2, -0.15) is 18.3 Å². The summed E-state index contributed by atoms with van der Waals surface area (Å²) in [5, 5.41) is 4.17. The summed E-state index contributed by atoms with van der Waals surface area (Å²) in [5.74, 6) is 0. The smallest absolute Gasteiger partial charge is 0.291 e. The fourth-order valence-electron chi connectivity index (χ4n) is 1.73. The second kappa shape index (κ2) is 3.52. The van der Waals surface area contributed by atoms with Crippen molar-refractivity contribution in [3.05, 3.63) is 18.0 Å². The second-order valence-electron chi connectivity index (χ2n) is 3.90. The van der Waals surface area contributed by atoms with Gasteiger partial charge in [-0.15, -0.1) is 0 Å². The number of aromatic nitrogens is 2. The number of aryl methyl sites for hydroxylation is 1. The number of likely N-dealkylation sites (tertiary alicyclic amines) is 1. The van der Waals surface area contributed by atoms with Crippen LogP contribution in [-0.2, 0) is 0 Å². The molecule has 0 aliphatic carbocycles. The van der Waals surface area contributed by atoms with Gasteiger partial charge in [0, 0.05) is 19.3 Å². The first-order chi connectivity index (χ1) is 6.94. The number of hydrogen-bond donors (Lipinski definition) is 0. The van der Waals surface area contributed by atoms with Crippen molar-refractivity contribution >= 4 is 0 Å². The first-order valence-electron chi connectivity index (χ1n) is 4.75. The molecule has 84 valence electrons. The Morgan fingerprint density at radius 2 is 2.13 bits per heavy atom. The van der Waals surface area contributed by atoms with Crippen molar-refractivity contribution in [2.45, 2.75) is 19.1 Å². The molecule has 1 aliphatic rings. The molecule has 0 saturated carbocycles. The van der Waals surface area contributed by atoms with Gasteiger partial charge in [-0.3, -0.25) is 9.58 Å². The van der Waals surface area contributed by atoms with E-state index in [0.29, 0.717) is 13.1 Å². The van der Waals surface area contributed by atoms with Gasteiger partial charge in [-0.1, -0.05) is 0 Å². The Labute approximate surface area is 85.5 Å². The number of nitrogens with zero attached hydrogens (tertiary/aromatic N) is 3. The van der Waals surface area contributed by atoms with Gasteiger partial charge < -0.3 is 0 Å². The van der Waals surface area contributed by atoms with Crippen molar-refractivity contribution in [2.24, 2.45) is 0 Å². The lowest BCUT2D eigenvalue weighted by Gasteiger charge is -2.39. The van der Waals surface area contributed by atoms with Gasteiger partial charge in [0.25, 0.3) is 0 Å². The van der Waals surface area contributed by atoms with Crippen LogP contribution in [0.1, 0.15) is 11.7 Å². The van der Waals surface area contributed by atoms with Gasteiger partial charge in [-0.05, 0) is 13.0 Å². The normalized spacial score (nSPS) is 19.2. The first-order valence-corrected chi connectivity index (χ1v) is 4.75. The summed E-state index contributed by atoms with van der Waals surface area (Å²) < 4.78 is 37.7. The molecule has 0 aromatic carbocycles. The minimum absolute atomic E-state index is 0.0982. The van der Waals surface area contributed by atoms with Crippen molar-refractivity contribution in [2.75, 3.05) is 19.6 Å². The molecule has 0 amide bonds. The number of alkyl halides is 3. The fraction of sp³-hybridized carbons (Fsp3) is 0.667. The third-order valence-corrected chi connectivity index (χ3v) is 2.46. The summed E-state index contributed by atoms with van der Waals surface area (Å²) in [5.41, 5.74) is 0.893. The van der Waals surface area contributed by atoms with Crippen LogP contribution < -0.4 is 0 Å². The third-order valence-electron chi connectivity index (χ3n) is 2.46. The van der Waals surface area contributed by atoms with E-state index in [-0.39, 0.29) is 6.04 Å². The zero-order chi connectivity index (χ0) is 11.1. The maximum Gasteiger partial charge on any atom is 0.401 e. The van der Waals surface area contributed by atoms with E-state index in [4.69, 9.17) is 0 Å². The molecule has 0 bridgehead atoms. The molecule has 0 spiro atoms. The largest absolute Gasteiger partial charge is 0.401 e. The molecular weight excluding hydrogens is 207 g/mol. The second-order valence-corrected chi connectivity index (χ2v) is 3.90. The molecule has 0 radical (unpaired) electrons. The topological polar surface area (TPSA) is 21.1 Å². The van der Waals surface area contributed by atoms with Crippen molar-refractivity contribution < 1.29 is 13.2 Å². The predicted molar refractivity (Wildman–Crippen MR) is 48.5 cm³/mol. The summed E-state index contributed by atoms with van der Waals surface area (Å²) in [4.78, 5) is 1.38. The number of rotatable bonds is 2. The van der Waals surface area contributed by atoms with Gasteiger partial charge >= 0.3 is 6.18 Å². The van der Waals surface area contributed by atoms with Gasteiger partial charge in [0.15, 0.2) is 0 Å². The van der Waals surface area contributed by atoms with E-state index in [1.165, 1.54) is 4.90 Å². The molecule has 0 N–H and O–H groups in total. The van der Waals surface area contributed by atoms with Gasteiger partial charge in [0.1, 0.15) is 0 Å². The SMILES string of the molecule is Cc1ccn(C2CN(CC(F)(F)F)C2)n1. The van der Waals surface area contributed by atoms with Gasteiger partial charge in [0.2, 0.25) is 0 Å². The average Bonchev–Trinajstić information content (AvgIpc) is 2.41. The molecule has 3 nitrogen and oxygen atoms in total. The lowest BCUT2D eigenvalue weighted by molar-refractivity contribution is -0.157. The molecule has 1 aromatic heterocycles. The summed E-state index contributed by atoms with van der Waals surface area (Å²) in [6.45, 7) is 1.91. The molecule has 1 fully saturated rings. The van der Waals surface area contributed by atoms with Crippen molar-refractivity contribution in [1.82, 2.24) is 14.7 Å².